The zero-order valence-corrected chi connectivity index (χ0v) is 16.6. The van der Waals surface area contributed by atoms with Gasteiger partial charge in [-0.05, 0) is 55.0 Å². The molecule has 0 spiro atoms. The first-order valence-corrected chi connectivity index (χ1v) is 10.5. The first-order valence-electron chi connectivity index (χ1n) is 10.2. The number of fused-ring (bicyclic) bond motifs is 2. The lowest BCUT2D eigenvalue weighted by molar-refractivity contribution is -0.138. The lowest BCUT2D eigenvalue weighted by atomic mass is 9.88. The van der Waals surface area contributed by atoms with Crippen LogP contribution in [0.25, 0.3) is 11.1 Å². The number of pyridine rings is 1. The van der Waals surface area contributed by atoms with Crippen LogP contribution in [-0.2, 0) is 24.1 Å². The van der Waals surface area contributed by atoms with Crippen molar-refractivity contribution in [2.24, 2.45) is 0 Å². The molecule has 1 amide bonds. The summed E-state index contributed by atoms with van der Waals surface area (Å²) in [5.41, 5.74) is 5.66. The normalized spacial score (nSPS) is 21.0. The molecule has 3 aliphatic rings. The lowest BCUT2D eigenvalue weighted by Gasteiger charge is -2.29. The average Bonchev–Trinajstić information content (AvgIpc) is 3.17. The van der Waals surface area contributed by atoms with Crippen molar-refractivity contribution in [3.63, 3.8) is 0 Å². The molecule has 2 aliphatic heterocycles. The number of carbonyl (C=O) groups is 1. The van der Waals surface area contributed by atoms with Gasteiger partial charge in [0.2, 0.25) is 0 Å². The van der Waals surface area contributed by atoms with E-state index < -0.39 is 6.10 Å². The summed E-state index contributed by atoms with van der Waals surface area (Å²) in [6, 6.07) is 5.98. The molecule has 1 aromatic carbocycles. The van der Waals surface area contributed by atoms with E-state index in [2.05, 4.69) is 16.4 Å². The highest BCUT2D eigenvalue weighted by Gasteiger charge is 2.35. The first kappa shape index (κ1) is 18.0. The summed E-state index contributed by atoms with van der Waals surface area (Å²) in [6.45, 7) is 3.15. The van der Waals surface area contributed by atoms with Gasteiger partial charge in [-0.25, -0.2) is 0 Å². The highest BCUT2D eigenvalue weighted by atomic mass is 35.5. The van der Waals surface area contributed by atoms with Crippen LogP contribution in [0.2, 0.25) is 5.02 Å². The van der Waals surface area contributed by atoms with Crippen LogP contribution in [0.15, 0.2) is 24.4 Å². The van der Waals surface area contributed by atoms with Gasteiger partial charge in [0, 0.05) is 60.6 Å². The molecule has 1 fully saturated rings. The van der Waals surface area contributed by atoms with Gasteiger partial charge in [-0.2, -0.15) is 0 Å². The van der Waals surface area contributed by atoms with Crippen molar-refractivity contribution in [1.82, 2.24) is 15.2 Å². The monoisotopic (exact) mass is 397 g/mol. The quantitative estimate of drug-likeness (QED) is 0.846. The maximum atomic E-state index is 13.0. The number of ether oxygens (including phenoxy) is 1. The number of aryl methyl sites for hydroxylation is 1. The predicted molar refractivity (Wildman–Crippen MR) is 109 cm³/mol. The molecule has 6 heteroatoms. The summed E-state index contributed by atoms with van der Waals surface area (Å²) in [4.78, 5) is 19.5. The molecule has 5 nitrogen and oxygen atoms in total. The Morgan fingerprint density at radius 2 is 2.00 bits per heavy atom. The number of halogens is 1. The Morgan fingerprint density at radius 1 is 1.18 bits per heavy atom. The average molecular weight is 398 g/mol. The van der Waals surface area contributed by atoms with E-state index in [0.717, 1.165) is 61.5 Å². The van der Waals surface area contributed by atoms with Crippen LogP contribution >= 0.6 is 11.6 Å². The van der Waals surface area contributed by atoms with Crippen LogP contribution in [0.5, 0.6) is 5.75 Å². The van der Waals surface area contributed by atoms with Crippen molar-refractivity contribution in [2.75, 3.05) is 26.2 Å². The molecule has 1 atom stereocenters. The molecule has 1 aromatic heterocycles. The Labute approximate surface area is 170 Å². The topological polar surface area (TPSA) is 54.5 Å². The maximum Gasteiger partial charge on any atom is 0.264 e. The molecule has 2 aromatic rings. The second-order valence-corrected chi connectivity index (χ2v) is 8.25. The fraction of sp³-hybridized carbons (Fsp3) is 0.455. The van der Waals surface area contributed by atoms with Crippen molar-refractivity contribution >= 4 is 17.5 Å². The Hall–Kier alpha value is -2.11. The maximum absolute atomic E-state index is 13.0. The second-order valence-electron chi connectivity index (χ2n) is 7.82. The standard InChI is InChI=1S/C22H24ClN3O2/c23-15-11-14-12-20(22(27)26-9-7-24-8-10-26)28-21(14)18(13-15)16-5-6-25-19-4-2-1-3-17(16)19/h5-6,11,13,20,24H,1-4,7-10,12H2/t20-/m0/s1. The number of piperazine rings is 1. The molecule has 146 valence electrons. The van der Waals surface area contributed by atoms with E-state index in [1.807, 2.05) is 23.2 Å². The van der Waals surface area contributed by atoms with Gasteiger partial charge >= 0.3 is 0 Å². The minimum absolute atomic E-state index is 0.0801. The number of nitrogens with zero attached hydrogens (tertiary/aromatic N) is 2. The van der Waals surface area contributed by atoms with Crippen molar-refractivity contribution in [3.05, 3.63) is 46.2 Å². The minimum atomic E-state index is -0.456. The van der Waals surface area contributed by atoms with E-state index in [1.54, 1.807) is 0 Å². The van der Waals surface area contributed by atoms with Crippen molar-refractivity contribution in [3.8, 4) is 16.9 Å². The minimum Gasteiger partial charge on any atom is -0.479 e. The Morgan fingerprint density at radius 3 is 2.86 bits per heavy atom. The Kier molecular flexibility index (Phi) is 4.73. The van der Waals surface area contributed by atoms with Gasteiger partial charge < -0.3 is 15.0 Å². The SMILES string of the molecule is O=C([C@@H]1Cc2cc(Cl)cc(-c3ccnc4c3CCCC4)c2O1)N1CCNCC1. The van der Waals surface area contributed by atoms with Gasteiger partial charge in [0.25, 0.3) is 5.91 Å². The molecule has 0 saturated carbocycles. The van der Waals surface area contributed by atoms with Crippen molar-refractivity contribution in [2.45, 2.75) is 38.2 Å². The number of benzene rings is 1. The number of rotatable bonds is 2. The number of hydrogen-bond acceptors (Lipinski definition) is 4. The molecule has 1 saturated heterocycles. The van der Waals surface area contributed by atoms with E-state index in [4.69, 9.17) is 16.3 Å². The number of hydrogen-bond donors (Lipinski definition) is 1. The van der Waals surface area contributed by atoms with E-state index in [1.165, 1.54) is 24.1 Å². The molecular weight excluding hydrogens is 374 g/mol. The molecule has 28 heavy (non-hydrogen) atoms. The summed E-state index contributed by atoms with van der Waals surface area (Å²) in [6.07, 6.45) is 6.43. The van der Waals surface area contributed by atoms with Crippen molar-refractivity contribution in [1.29, 1.82) is 0 Å². The van der Waals surface area contributed by atoms with Gasteiger partial charge in [-0.15, -0.1) is 0 Å². The molecule has 1 aliphatic carbocycles. The van der Waals surface area contributed by atoms with E-state index in [9.17, 15) is 4.79 Å². The Balaban J connectivity index is 1.50. The smallest absolute Gasteiger partial charge is 0.264 e. The second kappa shape index (κ2) is 7.37. The fourth-order valence-corrected chi connectivity index (χ4v) is 4.87. The molecule has 3 heterocycles. The van der Waals surface area contributed by atoms with E-state index >= 15 is 0 Å². The molecule has 0 radical (unpaired) electrons. The van der Waals surface area contributed by atoms with Crippen LogP contribution in [0.3, 0.4) is 0 Å². The highest BCUT2D eigenvalue weighted by Crippen LogP contribution is 2.43. The van der Waals surface area contributed by atoms with Crippen LogP contribution in [0, 0.1) is 0 Å². The first-order chi connectivity index (χ1) is 13.7. The molecule has 0 unspecified atom stereocenters. The third kappa shape index (κ3) is 3.16. The van der Waals surface area contributed by atoms with Crippen molar-refractivity contribution < 1.29 is 9.53 Å². The zero-order chi connectivity index (χ0) is 19.1. The van der Waals surface area contributed by atoms with Gasteiger partial charge in [0.05, 0.1) is 0 Å². The summed E-state index contributed by atoms with van der Waals surface area (Å²) in [7, 11) is 0. The van der Waals surface area contributed by atoms with Gasteiger partial charge in [-0.1, -0.05) is 11.6 Å². The Bertz CT molecular complexity index is 924. The number of amides is 1. The molecule has 5 rings (SSSR count). The lowest BCUT2D eigenvalue weighted by Crippen LogP contribution is -2.50. The number of nitrogens with one attached hydrogen (secondary N) is 1. The molecular formula is C22H24ClN3O2. The van der Waals surface area contributed by atoms with Gasteiger partial charge in [0.1, 0.15) is 5.75 Å². The van der Waals surface area contributed by atoms with Crippen LogP contribution in [0.4, 0.5) is 0 Å². The van der Waals surface area contributed by atoms with Gasteiger partial charge in [-0.3, -0.25) is 9.78 Å². The van der Waals surface area contributed by atoms with Crippen LogP contribution in [0.1, 0.15) is 29.7 Å². The van der Waals surface area contributed by atoms with Crippen LogP contribution in [-0.4, -0.2) is 48.1 Å². The molecule has 0 bridgehead atoms. The molecule has 1 N–H and O–H groups in total. The summed E-state index contributed by atoms with van der Waals surface area (Å²) in [5, 5.41) is 3.98. The largest absolute Gasteiger partial charge is 0.479 e. The third-order valence-electron chi connectivity index (χ3n) is 6.03. The number of aromatic nitrogens is 1. The van der Waals surface area contributed by atoms with Crippen LogP contribution < -0.4 is 10.1 Å². The summed E-state index contributed by atoms with van der Waals surface area (Å²) < 4.78 is 6.26. The fourth-order valence-electron chi connectivity index (χ4n) is 4.63. The third-order valence-corrected chi connectivity index (χ3v) is 6.24. The summed E-state index contributed by atoms with van der Waals surface area (Å²) >= 11 is 6.46. The van der Waals surface area contributed by atoms with Gasteiger partial charge in [0.15, 0.2) is 6.10 Å². The van der Waals surface area contributed by atoms with E-state index in [-0.39, 0.29) is 5.91 Å². The summed E-state index contributed by atoms with van der Waals surface area (Å²) in [5.74, 6) is 0.897. The predicted octanol–water partition coefficient (Wildman–Crippen LogP) is 3.02. The number of carbonyl (C=O) groups excluding carboxylic acids is 1. The zero-order valence-electron chi connectivity index (χ0n) is 15.8. The highest BCUT2D eigenvalue weighted by molar-refractivity contribution is 6.31. The van der Waals surface area contributed by atoms with E-state index in [0.29, 0.717) is 11.4 Å².